The molecule has 0 bridgehead atoms. The van der Waals surface area contributed by atoms with E-state index in [1.165, 1.54) is 7.11 Å². The molecule has 0 aliphatic carbocycles. The number of hydrogen-bond acceptors (Lipinski definition) is 8. The molecule has 1 amide bonds. The van der Waals surface area contributed by atoms with Gasteiger partial charge in [0, 0.05) is 5.69 Å². The van der Waals surface area contributed by atoms with Crippen molar-refractivity contribution in [2.24, 2.45) is 5.73 Å². The van der Waals surface area contributed by atoms with E-state index in [2.05, 4.69) is 5.32 Å². The Labute approximate surface area is 203 Å². The molecule has 0 saturated carbocycles. The standard InChI is InChI=1S/C26H27N3O6/c1-5-33-26(31)23-16(3)35-25(28)19(13-27)24(23)17-9-10-20(21(12-17)32-4)34-14-22(30)29-18-8-6-7-15(2)11-18/h6-12,24H,5,14,28H2,1-4H3,(H,29,30). The number of anilines is 1. The number of carbonyl (C=O) groups is 2. The van der Waals surface area contributed by atoms with Crippen LogP contribution in [0.3, 0.4) is 0 Å². The number of hydrogen-bond donors (Lipinski definition) is 2. The Morgan fingerprint density at radius 2 is 1.94 bits per heavy atom. The fourth-order valence-corrected chi connectivity index (χ4v) is 3.73. The van der Waals surface area contributed by atoms with Crippen molar-refractivity contribution < 1.29 is 28.5 Å². The Morgan fingerprint density at radius 3 is 2.60 bits per heavy atom. The Morgan fingerprint density at radius 1 is 1.17 bits per heavy atom. The summed E-state index contributed by atoms with van der Waals surface area (Å²) in [5, 5.41) is 12.5. The molecular formula is C26H27N3O6. The zero-order valence-electron chi connectivity index (χ0n) is 20.0. The predicted octanol–water partition coefficient (Wildman–Crippen LogP) is 3.67. The molecule has 0 spiro atoms. The topological polar surface area (TPSA) is 133 Å². The fraction of sp³-hybridized carbons (Fsp3) is 0.269. The lowest BCUT2D eigenvalue weighted by atomic mass is 9.83. The summed E-state index contributed by atoms with van der Waals surface area (Å²) in [5.74, 6) is -0.975. The SMILES string of the molecule is CCOC(=O)C1=C(C)OC(N)=C(C#N)C1c1ccc(OCC(=O)Nc2cccc(C)c2)c(OC)c1. The summed E-state index contributed by atoms with van der Waals surface area (Å²) in [5.41, 5.74) is 8.43. The van der Waals surface area contributed by atoms with Crippen molar-refractivity contribution >= 4 is 17.6 Å². The summed E-state index contributed by atoms with van der Waals surface area (Å²) in [7, 11) is 1.45. The van der Waals surface area contributed by atoms with Crippen LogP contribution in [0.4, 0.5) is 5.69 Å². The van der Waals surface area contributed by atoms with Gasteiger partial charge < -0.3 is 30.0 Å². The van der Waals surface area contributed by atoms with Crippen molar-refractivity contribution in [3.8, 4) is 17.6 Å². The average molecular weight is 478 g/mol. The quantitative estimate of drug-likeness (QED) is 0.550. The third-order valence-electron chi connectivity index (χ3n) is 5.28. The minimum Gasteiger partial charge on any atom is -0.493 e. The zero-order chi connectivity index (χ0) is 25.5. The third-order valence-corrected chi connectivity index (χ3v) is 5.28. The second-order valence-electron chi connectivity index (χ2n) is 7.73. The number of ether oxygens (including phenoxy) is 4. The summed E-state index contributed by atoms with van der Waals surface area (Å²) in [4.78, 5) is 25.0. The Kier molecular flexibility index (Phi) is 8.00. The number of nitrogens with one attached hydrogen (secondary N) is 1. The lowest BCUT2D eigenvalue weighted by molar-refractivity contribution is -0.139. The smallest absolute Gasteiger partial charge is 0.338 e. The fourth-order valence-electron chi connectivity index (χ4n) is 3.73. The van der Waals surface area contributed by atoms with Gasteiger partial charge in [-0.1, -0.05) is 18.2 Å². The van der Waals surface area contributed by atoms with Crippen LogP contribution in [0.1, 0.15) is 30.9 Å². The summed E-state index contributed by atoms with van der Waals surface area (Å²) < 4.78 is 21.8. The van der Waals surface area contributed by atoms with Gasteiger partial charge in [0.1, 0.15) is 17.4 Å². The number of aryl methyl sites for hydroxylation is 1. The second-order valence-corrected chi connectivity index (χ2v) is 7.73. The minimum absolute atomic E-state index is 0.0758. The summed E-state index contributed by atoms with van der Waals surface area (Å²) in [6.45, 7) is 5.12. The van der Waals surface area contributed by atoms with Crippen LogP contribution in [-0.4, -0.2) is 32.2 Å². The monoisotopic (exact) mass is 477 g/mol. The number of allylic oxidation sites excluding steroid dienone is 2. The van der Waals surface area contributed by atoms with Gasteiger partial charge in [0.05, 0.1) is 25.2 Å². The Bertz CT molecular complexity index is 1240. The number of nitrogens with two attached hydrogens (primary N) is 1. The summed E-state index contributed by atoms with van der Waals surface area (Å²) >= 11 is 0. The van der Waals surface area contributed by atoms with E-state index in [1.54, 1.807) is 38.1 Å². The highest BCUT2D eigenvalue weighted by Crippen LogP contribution is 2.42. The lowest BCUT2D eigenvalue weighted by Gasteiger charge is -2.27. The zero-order valence-corrected chi connectivity index (χ0v) is 20.0. The van der Waals surface area contributed by atoms with Gasteiger partial charge in [-0.3, -0.25) is 4.79 Å². The molecule has 1 aliphatic heterocycles. The average Bonchev–Trinajstić information content (AvgIpc) is 2.82. The number of nitrogens with zero attached hydrogens (tertiary/aromatic N) is 1. The first kappa shape index (κ1) is 25.2. The third kappa shape index (κ3) is 5.73. The molecule has 1 unspecified atom stereocenters. The Hall–Kier alpha value is -4.45. The molecule has 9 heteroatoms. The maximum atomic E-state index is 12.7. The van der Waals surface area contributed by atoms with Crippen LogP contribution in [0, 0.1) is 18.3 Å². The van der Waals surface area contributed by atoms with Crippen molar-refractivity contribution in [1.29, 1.82) is 5.26 Å². The number of amides is 1. The van der Waals surface area contributed by atoms with Crippen LogP contribution in [-0.2, 0) is 19.1 Å². The van der Waals surface area contributed by atoms with E-state index in [9.17, 15) is 14.9 Å². The highest BCUT2D eigenvalue weighted by atomic mass is 16.5. The molecule has 0 fully saturated rings. The van der Waals surface area contributed by atoms with Crippen LogP contribution in [0.2, 0.25) is 0 Å². The molecule has 1 atom stereocenters. The number of benzene rings is 2. The molecule has 2 aromatic rings. The highest BCUT2D eigenvalue weighted by molar-refractivity contribution is 5.93. The van der Waals surface area contributed by atoms with Crippen LogP contribution in [0.25, 0.3) is 0 Å². The van der Waals surface area contributed by atoms with E-state index in [4.69, 9.17) is 24.7 Å². The van der Waals surface area contributed by atoms with Gasteiger partial charge in [-0.25, -0.2) is 4.79 Å². The van der Waals surface area contributed by atoms with E-state index >= 15 is 0 Å². The van der Waals surface area contributed by atoms with E-state index < -0.39 is 11.9 Å². The van der Waals surface area contributed by atoms with Gasteiger partial charge in [0.2, 0.25) is 5.88 Å². The number of methoxy groups -OCH3 is 1. The van der Waals surface area contributed by atoms with Crippen LogP contribution >= 0.6 is 0 Å². The van der Waals surface area contributed by atoms with Crippen molar-refractivity contribution in [3.63, 3.8) is 0 Å². The van der Waals surface area contributed by atoms with Gasteiger partial charge >= 0.3 is 5.97 Å². The number of esters is 1. The van der Waals surface area contributed by atoms with Crippen LogP contribution in [0.5, 0.6) is 11.5 Å². The molecule has 0 saturated heterocycles. The van der Waals surface area contributed by atoms with Crippen molar-refractivity contribution in [1.82, 2.24) is 0 Å². The van der Waals surface area contributed by atoms with Crippen molar-refractivity contribution in [3.05, 3.63) is 76.4 Å². The molecule has 3 N–H and O–H groups in total. The molecule has 182 valence electrons. The van der Waals surface area contributed by atoms with Gasteiger partial charge in [-0.2, -0.15) is 5.26 Å². The lowest BCUT2D eigenvalue weighted by Crippen LogP contribution is -2.25. The molecule has 1 aliphatic rings. The maximum absolute atomic E-state index is 12.7. The normalized spacial score (nSPS) is 15.1. The largest absolute Gasteiger partial charge is 0.493 e. The summed E-state index contributed by atoms with van der Waals surface area (Å²) in [6, 6.07) is 14.4. The first-order valence-electron chi connectivity index (χ1n) is 10.9. The van der Waals surface area contributed by atoms with Crippen molar-refractivity contribution in [2.75, 3.05) is 25.6 Å². The van der Waals surface area contributed by atoms with Crippen molar-refractivity contribution in [2.45, 2.75) is 26.7 Å². The van der Waals surface area contributed by atoms with E-state index in [0.29, 0.717) is 22.7 Å². The number of carbonyl (C=O) groups excluding carboxylic acids is 2. The molecule has 0 radical (unpaired) electrons. The van der Waals surface area contributed by atoms with Gasteiger partial charge in [0.15, 0.2) is 18.1 Å². The van der Waals surface area contributed by atoms with Crippen LogP contribution < -0.4 is 20.5 Å². The van der Waals surface area contributed by atoms with Gasteiger partial charge in [0.25, 0.3) is 5.91 Å². The molecular weight excluding hydrogens is 450 g/mol. The van der Waals surface area contributed by atoms with Gasteiger partial charge in [-0.15, -0.1) is 0 Å². The Balaban J connectivity index is 1.86. The van der Waals surface area contributed by atoms with Crippen LogP contribution in [0.15, 0.2) is 65.3 Å². The second kappa shape index (κ2) is 11.1. The van der Waals surface area contributed by atoms with Gasteiger partial charge in [-0.05, 0) is 56.2 Å². The van der Waals surface area contributed by atoms with E-state index in [-0.39, 0.29) is 41.9 Å². The molecule has 9 nitrogen and oxygen atoms in total. The molecule has 3 rings (SSSR count). The summed E-state index contributed by atoms with van der Waals surface area (Å²) in [6.07, 6.45) is 0. The minimum atomic E-state index is -0.819. The molecule has 35 heavy (non-hydrogen) atoms. The van der Waals surface area contributed by atoms with E-state index in [1.807, 2.05) is 31.2 Å². The molecule has 0 aromatic heterocycles. The van der Waals surface area contributed by atoms with E-state index in [0.717, 1.165) is 5.56 Å². The number of rotatable bonds is 8. The highest BCUT2D eigenvalue weighted by Gasteiger charge is 2.36. The number of nitriles is 1. The molecule has 1 heterocycles. The predicted molar refractivity (Wildman–Crippen MR) is 128 cm³/mol. The first-order chi connectivity index (χ1) is 16.8. The molecule has 2 aromatic carbocycles. The maximum Gasteiger partial charge on any atom is 0.338 e. The first-order valence-corrected chi connectivity index (χ1v) is 10.9.